The number of fused-ring (bicyclic) bond motifs is 2. The number of aryl methyl sites for hydroxylation is 1. The first kappa shape index (κ1) is 23.3. The summed E-state index contributed by atoms with van der Waals surface area (Å²) in [5, 5.41) is 20.8. The van der Waals surface area contributed by atoms with Crippen molar-refractivity contribution < 1.29 is 31.5 Å². The number of aromatic nitrogens is 2. The van der Waals surface area contributed by atoms with E-state index >= 15 is 0 Å². The summed E-state index contributed by atoms with van der Waals surface area (Å²) in [4.78, 5) is 24.0. The summed E-state index contributed by atoms with van der Waals surface area (Å²) >= 11 is 0.505. The number of carbonyl (C=O) groups is 2. The highest BCUT2D eigenvalue weighted by Crippen LogP contribution is 2.48. The number of benzene rings is 1. The zero-order valence-electron chi connectivity index (χ0n) is 17.0. The van der Waals surface area contributed by atoms with E-state index in [2.05, 4.69) is 14.8 Å². The molecule has 33 heavy (non-hydrogen) atoms. The number of hydrogen-bond donors (Lipinski definition) is 3. The monoisotopic (exact) mass is 513 g/mol. The Kier molecular flexibility index (Phi) is 5.76. The first-order chi connectivity index (χ1) is 15.4. The predicted octanol–water partition coefficient (Wildman–Crippen LogP) is -0.120. The molecule has 2 bridgehead atoms. The minimum Gasteiger partial charge on any atom is -0.481 e. The van der Waals surface area contributed by atoms with Gasteiger partial charge in [0.1, 0.15) is 0 Å². The number of nitrogens with one attached hydrogen (secondary N) is 1. The second kappa shape index (κ2) is 8.16. The SMILES string of the molecule is Cn1nc(S(N)(=O)=O)s/c1=N/S(=O)(=O)c1ccc(NC(=O)[C@H]2[C@@H](C(=O)O)[C@H]3C=C[C@@H]2C3)cc1. The highest BCUT2D eigenvalue weighted by Gasteiger charge is 2.51. The van der Waals surface area contributed by atoms with Crippen LogP contribution in [-0.4, -0.2) is 43.6 Å². The smallest absolute Gasteiger partial charge is 0.307 e. The van der Waals surface area contributed by atoms with Crippen LogP contribution in [0.3, 0.4) is 0 Å². The van der Waals surface area contributed by atoms with Crippen LogP contribution < -0.4 is 15.3 Å². The maximum atomic E-state index is 12.8. The summed E-state index contributed by atoms with van der Waals surface area (Å²) < 4.78 is 52.2. The van der Waals surface area contributed by atoms with Crippen LogP contribution in [0.2, 0.25) is 0 Å². The molecule has 15 heteroatoms. The first-order valence-corrected chi connectivity index (χ1v) is 13.4. The van der Waals surface area contributed by atoms with E-state index in [-0.39, 0.29) is 21.5 Å². The molecule has 0 saturated heterocycles. The standard InChI is InChI=1S/C18H19N5O7S3/c1-23-17(31-18(21-23)32(19,27)28)22-33(29,30)12-6-4-11(5-7-12)20-15(24)13-9-2-3-10(8-9)14(13)16(25)26/h2-7,9-10,13-14H,8H2,1H3,(H,20,24)(H,25,26)(H2,19,27,28)/b22-17+/t9-,10+,13-,14+/m1/s1. The molecule has 4 N–H and O–H groups in total. The molecule has 1 amide bonds. The van der Waals surface area contributed by atoms with E-state index in [1.807, 2.05) is 12.2 Å². The molecule has 1 aromatic carbocycles. The Morgan fingerprint density at radius 1 is 1.15 bits per heavy atom. The lowest BCUT2D eigenvalue weighted by atomic mass is 9.82. The molecule has 4 atom stereocenters. The van der Waals surface area contributed by atoms with Gasteiger partial charge >= 0.3 is 5.97 Å². The molecule has 0 spiro atoms. The zero-order valence-corrected chi connectivity index (χ0v) is 19.5. The maximum Gasteiger partial charge on any atom is 0.307 e. The van der Waals surface area contributed by atoms with Crippen molar-refractivity contribution in [1.29, 1.82) is 0 Å². The van der Waals surface area contributed by atoms with Gasteiger partial charge in [0.05, 0.1) is 16.7 Å². The normalized spacial score (nSPS) is 24.8. The largest absolute Gasteiger partial charge is 0.481 e. The molecule has 0 unspecified atom stereocenters. The third-order valence-electron chi connectivity index (χ3n) is 5.60. The minimum atomic E-state index is -4.22. The third kappa shape index (κ3) is 4.48. The van der Waals surface area contributed by atoms with Gasteiger partial charge < -0.3 is 10.4 Å². The zero-order chi connectivity index (χ0) is 24.1. The molecule has 2 aliphatic rings. The number of amides is 1. The van der Waals surface area contributed by atoms with Gasteiger partial charge in [0.2, 0.25) is 15.0 Å². The van der Waals surface area contributed by atoms with Gasteiger partial charge in [0.25, 0.3) is 20.0 Å². The quantitative estimate of drug-likeness (QED) is 0.445. The summed E-state index contributed by atoms with van der Waals surface area (Å²) in [6.07, 6.45) is 4.33. The molecule has 2 aliphatic carbocycles. The number of carboxylic acid groups (broad SMARTS) is 1. The fourth-order valence-corrected chi connectivity index (χ4v) is 6.90. The Labute approximate surface area is 192 Å². The highest BCUT2D eigenvalue weighted by molar-refractivity contribution is 7.91. The van der Waals surface area contributed by atoms with E-state index in [0.717, 1.165) is 4.68 Å². The van der Waals surface area contributed by atoms with E-state index in [1.165, 1.54) is 31.3 Å². The Morgan fingerprint density at radius 3 is 2.30 bits per heavy atom. The summed E-state index contributed by atoms with van der Waals surface area (Å²) in [6.45, 7) is 0. The topological polar surface area (TPSA) is 191 Å². The van der Waals surface area contributed by atoms with Gasteiger partial charge in [-0.25, -0.2) is 18.2 Å². The summed E-state index contributed by atoms with van der Waals surface area (Å²) in [6, 6.07) is 5.18. The number of hydrogen-bond acceptors (Lipinski definition) is 8. The molecule has 0 aliphatic heterocycles. The fourth-order valence-electron chi connectivity index (χ4n) is 4.13. The number of nitrogens with two attached hydrogens (primary N) is 1. The summed E-state index contributed by atoms with van der Waals surface area (Å²) in [7, 11) is -7.00. The van der Waals surface area contributed by atoms with Gasteiger partial charge in [0, 0.05) is 12.7 Å². The molecule has 1 fully saturated rings. The van der Waals surface area contributed by atoms with Crippen LogP contribution in [0.15, 0.2) is 50.1 Å². The lowest BCUT2D eigenvalue weighted by Gasteiger charge is -2.23. The van der Waals surface area contributed by atoms with Crippen molar-refractivity contribution in [2.45, 2.75) is 15.7 Å². The number of sulfonamides is 2. The molecule has 176 valence electrons. The van der Waals surface area contributed by atoms with Crippen molar-refractivity contribution in [3.05, 3.63) is 41.2 Å². The van der Waals surface area contributed by atoms with E-state index in [0.29, 0.717) is 23.4 Å². The summed E-state index contributed by atoms with van der Waals surface area (Å²) in [5.41, 5.74) is 0.301. The maximum absolute atomic E-state index is 12.8. The Morgan fingerprint density at radius 2 is 1.76 bits per heavy atom. The molecule has 4 rings (SSSR count). The predicted molar refractivity (Wildman–Crippen MR) is 116 cm³/mol. The van der Waals surface area contributed by atoms with Gasteiger partial charge in [-0.15, -0.1) is 9.50 Å². The van der Waals surface area contributed by atoms with E-state index < -0.39 is 48.1 Å². The lowest BCUT2D eigenvalue weighted by molar-refractivity contribution is -0.146. The second-order valence-electron chi connectivity index (χ2n) is 7.74. The molecular weight excluding hydrogens is 494 g/mol. The van der Waals surface area contributed by atoms with Crippen LogP contribution >= 0.6 is 11.3 Å². The van der Waals surface area contributed by atoms with Gasteiger partial charge in [-0.1, -0.05) is 23.5 Å². The van der Waals surface area contributed by atoms with Gasteiger partial charge in [0.15, 0.2) is 0 Å². The first-order valence-electron chi connectivity index (χ1n) is 9.57. The van der Waals surface area contributed by atoms with Crippen molar-refractivity contribution in [1.82, 2.24) is 9.78 Å². The van der Waals surface area contributed by atoms with Gasteiger partial charge in [-0.3, -0.25) is 9.59 Å². The van der Waals surface area contributed by atoms with Crippen LogP contribution in [0, 0.1) is 23.7 Å². The number of nitrogens with zero attached hydrogens (tertiary/aromatic N) is 3. The van der Waals surface area contributed by atoms with E-state index in [9.17, 15) is 31.5 Å². The van der Waals surface area contributed by atoms with E-state index in [4.69, 9.17) is 5.14 Å². The minimum absolute atomic E-state index is 0.142. The van der Waals surface area contributed by atoms with Crippen molar-refractivity contribution in [3.8, 4) is 0 Å². The highest BCUT2D eigenvalue weighted by atomic mass is 32.2. The number of carbonyl (C=O) groups excluding carboxylic acids is 1. The van der Waals surface area contributed by atoms with E-state index in [1.54, 1.807) is 0 Å². The molecular formula is C18H19N5O7S3. The van der Waals surface area contributed by atoms with Crippen molar-refractivity contribution in [3.63, 3.8) is 0 Å². The van der Waals surface area contributed by atoms with Gasteiger partial charge in [-0.2, -0.15) is 8.42 Å². The number of aliphatic carboxylic acids is 1. The van der Waals surface area contributed by atoms with Crippen LogP contribution in [0.4, 0.5) is 5.69 Å². The average molecular weight is 514 g/mol. The van der Waals surface area contributed by atoms with Gasteiger partial charge in [-0.05, 0) is 42.5 Å². The van der Waals surface area contributed by atoms with Crippen LogP contribution in [0.1, 0.15) is 6.42 Å². The molecule has 12 nitrogen and oxygen atoms in total. The molecule has 1 heterocycles. The molecule has 1 saturated carbocycles. The lowest BCUT2D eigenvalue weighted by Crippen LogP contribution is -2.36. The molecule has 1 aromatic heterocycles. The van der Waals surface area contributed by atoms with Crippen molar-refractivity contribution in [2.24, 2.45) is 40.3 Å². The van der Waals surface area contributed by atoms with Crippen molar-refractivity contribution in [2.75, 3.05) is 5.32 Å². The third-order valence-corrected chi connectivity index (χ3v) is 9.30. The van der Waals surface area contributed by atoms with Crippen LogP contribution in [-0.2, 0) is 36.7 Å². The second-order valence-corrected chi connectivity index (χ2v) is 12.0. The number of allylic oxidation sites excluding steroid dienone is 2. The van der Waals surface area contributed by atoms with Crippen LogP contribution in [0.25, 0.3) is 0 Å². The molecule has 0 radical (unpaired) electrons. The summed E-state index contributed by atoms with van der Waals surface area (Å²) in [5.74, 6) is -3.25. The van der Waals surface area contributed by atoms with Crippen molar-refractivity contribution >= 4 is 48.9 Å². The number of rotatable bonds is 6. The number of anilines is 1. The molecule has 2 aromatic rings. The number of primary sulfonamides is 1. The Hall–Kier alpha value is -2.88. The number of carboxylic acids is 1. The fraction of sp³-hybridized carbons (Fsp3) is 0.333. The Balaban J connectivity index is 1.54. The Bertz CT molecular complexity index is 1440. The average Bonchev–Trinajstić information content (AvgIpc) is 3.42. The van der Waals surface area contributed by atoms with Crippen LogP contribution in [0.5, 0.6) is 0 Å².